The monoisotopic (exact) mass is 327 g/mol. The van der Waals surface area contributed by atoms with E-state index in [1.54, 1.807) is 7.11 Å². The molecule has 19 heavy (non-hydrogen) atoms. The third kappa shape index (κ3) is 2.96. The summed E-state index contributed by atoms with van der Waals surface area (Å²) >= 11 is 3.62. The first-order valence-electron chi connectivity index (χ1n) is 6.70. The Bertz CT molecular complexity index is 427. The van der Waals surface area contributed by atoms with E-state index in [2.05, 4.69) is 27.3 Å². The molecule has 1 aliphatic rings. The van der Waals surface area contributed by atoms with Gasteiger partial charge in [0.05, 0.1) is 12.7 Å². The second kappa shape index (κ2) is 6.25. The highest BCUT2D eigenvalue weighted by Gasteiger charge is 2.43. The van der Waals surface area contributed by atoms with Crippen LogP contribution in [0.3, 0.4) is 0 Å². The molecule has 0 bridgehead atoms. The molecule has 0 saturated heterocycles. The van der Waals surface area contributed by atoms with Gasteiger partial charge in [0.2, 0.25) is 0 Å². The van der Waals surface area contributed by atoms with Crippen molar-refractivity contribution >= 4 is 15.9 Å². The van der Waals surface area contributed by atoms with Gasteiger partial charge in [0.15, 0.2) is 0 Å². The smallest absolute Gasteiger partial charge is 0.119 e. The number of hydrogen-bond donors (Lipinski definition) is 1. The molecule has 0 radical (unpaired) electrons. The van der Waals surface area contributed by atoms with E-state index in [1.807, 2.05) is 26.3 Å². The molecule has 106 valence electrons. The van der Waals surface area contributed by atoms with E-state index in [-0.39, 0.29) is 5.60 Å². The van der Waals surface area contributed by atoms with E-state index in [4.69, 9.17) is 9.47 Å². The van der Waals surface area contributed by atoms with Crippen LogP contribution >= 0.6 is 15.9 Å². The van der Waals surface area contributed by atoms with E-state index < -0.39 is 0 Å². The van der Waals surface area contributed by atoms with Crippen molar-refractivity contribution in [3.8, 4) is 5.75 Å². The van der Waals surface area contributed by atoms with Crippen molar-refractivity contribution < 1.29 is 9.47 Å². The normalized spacial score (nSPS) is 18.7. The average Bonchev–Trinajstić information content (AvgIpc) is 2.39. The molecule has 1 saturated carbocycles. The van der Waals surface area contributed by atoms with Gasteiger partial charge in [0, 0.05) is 17.6 Å². The number of ether oxygens (including phenoxy) is 2. The summed E-state index contributed by atoms with van der Waals surface area (Å²) in [4.78, 5) is 0. The maximum atomic E-state index is 5.79. The zero-order chi connectivity index (χ0) is 13.9. The Balaban J connectivity index is 2.18. The molecule has 0 amide bonds. The van der Waals surface area contributed by atoms with Crippen molar-refractivity contribution in [2.45, 2.75) is 37.3 Å². The quantitative estimate of drug-likeness (QED) is 0.870. The fourth-order valence-corrected chi connectivity index (χ4v) is 3.23. The van der Waals surface area contributed by atoms with E-state index in [0.717, 1.165) is 29.5 Å². The first-order chi connectivity index (χ1) is 9.15. The largest absolute Gasteiger partial charge is 0.497 e. The number of likely N-dealkylation sites (N-methyl/N-ethyl adjacent to an activating group) is 1. The summed E-state index contributed by atoms with van der Waals surface area (Å²) < 4.78 is 12.2. The molecule has 1 aliphatic carbocycles. The maximum absolute atomic E-state index is 5.79. The molecule has 4 heteroatoms. The van der Waals surface area contributed by atoms with Crippen LogP contribution in [0.5, 0.6) is 5.75 Å². The van der Waals surface area contributed by atoms with Gasteiger partial charge in [0.1, 0.15) is 5.75 Å². The van der Waals surface area contributed by atoms with Crippen LogP contribution in [0.1, 0.15) is 24.8 Å². The molecule has 0 spiro atoms. The molecule has 1 unspecified atom stereocenters. The van der Waals surface area contributed by atoms with Crippen LogP contribution in [-0.4, -0.2) is 32.9 Å². The summed E-state index contributed by atoms with van der Waals surface area (Å²) in [5.74, 6) is 0.896. The van der Waals surface area contributed by atoms with E-state index >= 15 is 0 Å². The molecule has 3 nitrogen and oxygen atoms in total. The number of nitrogens with one attached hydrogen (secondary N) is 1. The van der Waals surface area contributed by atoms with Crippen LogP contribution in [0, 0.1) is 0 Å². The molecule has 1 aromatic carbocycles. The second-order valence-electron chi connectivity index (χ2n) is 5.13. The average molecular weight is 328 g/mol. The highest BCUT2D eigenvalue weighted by molar-refractivity contribution is 9.10. The standard InChI is InChI=1S/C15H22BrNO2/c1-17-14(15(19-3)7-4-8-15)10-11-9-12(18-2)5-6-13(11)16/h5-6,9,14,17H,4,7-8,10H2,1-3H3. The molecule has 1 fully saturated rings. The molecule has 0 aliphatic heterocycles. The SMILES string of the molecule is CNC(Cc1cc(OC)ccc1Br)C1(OC)CCC1. The van der Waals surface area contributed by atoms with Crippen molar-refractivity contribution in [1.82, 2.24) is 5.32 Å². The minimum absolute atomic E-state index is 0.00271. The minimum Gasteiger partial charge on any atom is -0.497 e. The zero-order valence-corrected chi connectivity index (χ0v) is 13.4. The molecular weight excluding hydrogens is 306 g/mol. The molecular formula is C15H22BrNO2. The lowest BCUT2D eigenvalue weighted by atomic mass is 9.72. The Morgan fingerprint density at radius 3 is 2.58 bits per heavy atom. The first-order valence-corrected chi connectivity index (χ1v) is 7.49. The predicted molar refractivity (Wildman–Crippen MR) is 80.8 cm³/mol. The van der Waals surface area contributed by atoms with Crippen LogP contribution < -0.4 is 10.1 Å². The van der Waals surface area contributed by atoms with Gasteiger partial charge >= 0.3 is 0 Å². The number of methoxy groups -OCH3 is 2. The first kappa shape index (κ1) is 14.8. The van der Waals surface area contributed by atoms with Crippen molar-refractivity contribution in [2.24, 2.45) is 0 Å². The van der Waals surface area contributed by atoms with Gasteiger partial charge in [-0.15, -0.1) is 0 Å². The summed E-state index contributed by atoms with van der Waals surface area (Å²) in [6.45, 7) is 0. The third-order valence-corrected chi connectivity index (χ3v) is 5.04. The van der Waals surface area contributed by atoms with Crippen LogP contribution in [0.15, 0.2) is 22.7 Å². The lowest BCUT2D eigenvalue weighted by Crippen LogP contribution is -2.56. The predicted octanol–water partition coefficient (Wildman–Crippen LogP) is 3.16. The highest BCUT2D eigenvalue weighted by Crippen LogP contribution is 2.39. The Hall–Kier alpha value is -0.580. The van der Waals surface area contributed by atoms with E-state index in [9.17, 15) is 0 Å². The van der Waals surface area contributed by atoms with Gasteiger partial charge in [-0.25, -0.2) is 0 Å². The van der Waals surface area contributed by atoms with Crippen molar-refractivity contribution in [1.29, 1.82) is 0 Å². The molecule has 1 N–H and O–H groups in total. The van der Waals surface area contributed by atoms with Crippen LogP contribution in [0.2, 0.25) is 0 Å². The van der Waals surface area contributed by atoms with Crippen LogP contribution in [-0.2, 0) is 11.2 Å². The van der Waals surface area contributed by atoms with Crippen LogP contribution in [0.4, 0.5) is 0 Å². The van der Waals surface area contributed by atoms with Gasteiger partial charge in [-0.05, 0) is 56.5 Å². The van der Waals surface area contributed by atoms with Crippen molar-refractivity contribution in [3.63, 3.8) is 0 Å². The number of halogens is 1. The molecule has 1 aromatic rings. The number of benzene rings is 1. The lowest BCUT2D eigenvalue weighted by molar-refractivity contribution is -0.0967. The Morgan fingerprint density at radius 1 is 1.37 bits per heavy atom. The molecule has 0 heterocycles. The van der Waals surface area contributed by atoms with E-state index in [0.29, 0.717) is 6.04 Å². The number of rotatable bonds is 6. The fraction of sp³-hybridized carbons (Fsp3) is 0.600. The van der Waals surface area contributed by atoms with Crippen molar-refractivity contribution in [3.05, 3.63) is 28.2 Å². The van der Waals surface area contributed by atoms with Gasteiger partial charge in [-0.3, -0.25) is 0 Å². The summed E-state index contributed by atoms with van der Waals surface area (Å²) in [5, 5.41) is 3.42. The Labute approximate surface area is 123 Å². The summed E-state index contributed by atoms with van der Waals surface area (Å²) in [7, 11) is 5.53. The summed E-state index contributed by atoms with van der Waals surface area (Å²) in [6.07, 6.45) is 4.46. The highest BCUT2D eigenvalue weighted by atomic mass is 79.9. The Kier molecular flexibility index (Phi) is 4.87. The molecule has 1 atom stereocenters. The zero-order valence-electron chi connectivity index (χ0n) is 11.8. The topological polar surface area (TPSA) is 30.5 Å². The van der Waals surface area contributed by atoms with Gasteiger partial charge in [-0.2, -0.15) is 0 Å². The lowest BCUT2D eigenvalue weighted by Gasteiger charge is -2.46. The number of hydrogen-bond acceptors (Lipinski definition) is 3. The third-order valence-electron chi connectivity index (χ3n) is 4.27. The van der Waals surface area contributed by atoms with Crippen molar-refractivity contribution in [2.75, 3.05) is 21.3 Å². The summed E-state index contributed by atoms with van der Waals surface area (Å²) in [6, 6.07) is 6.43. The fourth-order valence-electron chi connectivity index (χ4n) is 2.83. The minimum atomic E-state index is -0.00271. The molecule has 2 rings (SSSR count). The van der Waals surface area contributed by atoms with Gasteiger partial charge in [0.25, 0.3) is 0 Å². The van der Waals surface area contributed by atoms with Gasteiger partial charge in [-0.1, -0.05) is 15.9 Å². The van der Waals surface area contributed by atoms with Gasteiger partial charge < -0.3 is 14.8 Å². The van der Waals surface area contributed by atoms with E-state index in [1.165, 1.54) is 12.0 Å². The maximum Gasteiger partial charge on any atom is 0.119 e. The van der Waals surface area contributed by atoms with Crippen LogP contribution in [0.25, 0.3) is 0 Å². The Morgan fingerprint density at radius 2 is 2.11 bits per heavy atom. The second-order valence-corrected chi connectivity index (χ2v) is 5.98. The summed E-state index contributed by atoms with van der Waals surface area (Å²) in [5.41, 5.74) is 1.25. The molecule has 0 aromatic heterocycles.